The van der Waals surface area contributed by atoms with E-state index >= 15 is 0 Å². The first-order valence-corrected chi connectivity index (χ1v) is 12.8. The van der Waals surface area contributed by atoms with Crippen LogP contribution in [0.4, 0.5) is 10.6 Å². The van der Waals surface area contributed by atoms with Crippen LogP contribution in [0.3, 0.4) is 0 Å². The van der Waals surface area contributed by atoms with Gasteiger partial charge in [0.2, 0.25) is 0 Å². The second kappa shape index (κ2) is 11.1. The van der Waals surface area contributed by atoms with E-state index in [1.165, 1.54) is 11.1 Å². The van der Waals surface area contributed by atoms with E-state index < -0.39 is 29.5 Å². The second-order valence-corrected chi connectivity index (χ2v) is 10.8. The molecule has 1 unspecified atom stereocenters. The fourth-order valence-electron chi connectivity index (χ4n) is 5.10. The molecule has 5 N–H and O–H groups in total. The molecular weight excluding hydrogens is 496 g/mol. The number of rotatable bonds is 6. The van der Waals surface area contributed by atoms with Crippen molar-refractivity contribution in [3.63, 3.8) is 0 Å². The molecule has 204 valence electrons. The van der Waals surface area contributed by atoms with Gasteiger partial charge in [0.15, 0.2) is 11.5 Å². The first kappa shape index (κ1) is 27.6. The number of nitrogen functional groups attached to an aromatic ring is 1. The zero-order chi connectivity index (χ0) is 28.3. The van der Waals surface area contributed by atoms with Crippen molar-refractivity contribution in [2.24, 2.45) is 5.41 Å². The van der Waals surface area contributed by atoms with Crippen molar-refractivity contribution in [3.05, 3.63) is 77.6 Å². The van der Waals surface area contributed by atoms with Gasteiger partial charge in [0.05, 0.1) is 30.0 Å². The van der Waals surface area contributed by atoms with Crippen molar-refractivity contribution in [1.29, 1.82) is 0 Å². The highest BCUT2D eigenvalue weighted by Crippen LogP contribution is 2.33. The van der Waals surface area contributed by atoms with Crippen molar-refractivity contribution >= 4 is 23.7 Å². The van der Waals surface area contributed by atoms with Gasteiger partial charge in [-0.15, -0.1) is 0 Å². The number of nitrogens with one attached hydrogen (secondary N) is 2. The third-order valence-electron chi connectivity index (χ3n) is 6.93. The molecule has 39 heavy (non-hydrogen) atoms. The summed E-state index contributed by atoms with van der Waals surface area (Å²) in [6.45, 7) is 8.06. The van der Waals surface area contributed by atoms with Gasteiger partial charge in [-0.1, -0.05) is 63.2 Å². The minimum atomic E-state index is -1.02. The second-order valence-electron chi connectivity index (χ2n) is 10.8. The van der Waals surface area contributed by atoms with Gasteiger partial charge >= 0.3 is 6.09 Å². The lowest BCUT2D eigenvalue weighted by Gasteiger charge is -2.37. The van der Waals surface area contributed by atoms with Gasteiger partial charge in [-0.25, -0.2) is 14.8 Å². The molecule has 0 aliphatic carbocycles. The van der Waals surface area contributed by atoms with Crippen LogP contribution >= 0.6 is 0 Å². The number of benzene rings is 2. The molecule has 0 spiro atoms. The lowest BCUT2D eigenvalue weighted by atomic mass is 9.82. The van der Waals surface area contributed by atoms with Crippen LogP contribution < -0.4 is 16.4 Å². The van der Waals surface area contributed by atoms with Gasteiger partial charge in [0.25, 0.3) is 11.8 Å². The van der Waals surface area contributed by atoms with Crippen LogP contribution in [0.15, 0.2) is 60.8 Å². The smallest absolute Gasteiger partial charge is 0.407 e. The number of anilines is 1. The number of nitrogens with zero attached hydrogens (tertiary/aromatic N) is 3. The van der Waals surface area contributed by atoms with Crippen LogP contribution in [0.1, 0.15) is 66.6 Å². The molecule has 1 aliphatic heterocycles. The predicted octanol–water partition coefficient (Wildman–Crippen LogP) is 4.11. The zero-order valence-corrected chi connectivity index (χ0v) is 22.5. The Balaban J connectivity index is 1.53. The first-order chi connectivity index (χ1) is 18.5. The third-order valence-corrected chi connectivity index (χ3v) is 6.93. The molecule has 1 fully saturated rings. The van der Waals surface area contributed by atoms with Gasteiger partial charge in [0, 0.05) is 17.7 Å². The molecule has 4 rings (SSSR count). The van der Waals surface area contributed by atoms with Crippen molar-refractivity contribution in [2.45, 2.75) is 52.2 Å². The summed E-state index contributed by atoms with van der Waals surface area (Å²) in [5, 5.41) is 15.6. The summed E-state index contributed by atoms with van der Waals surface area (Å²) in [6.07, 6.45) is 0.913. The van der Waals surface area contributed by atoms with E-state index in [2.05, 4.69) is 20.6 Å². The lowest BCUT2D eigenvalue weighted by Crippen LogP contribution is -2.53. The maximum Gasteiger partial charge on any atom is 0.407 e. The minimum absolute atomic E-state index is 0.0396. The van der Waals surface area contributed by atoms with Crippen LogP contribution in [0.2, 0.25) is 0 Å². The van der Waals surface area contributed by atoms with Gasteiger partial charge in [-0.05, 0) is 36.5 Å². The van der Waals surface area contributed by atoms with Crippen LogP contribution in [-0.4, -0.2) is 56.5 Å². The van der Waals surface area contributed by atoms with Crippen LogP contribution in [0, 0.1) is 5.41 Å². The lowest BCUT2D eigenvalue weighted by molar-refractivity contribution is 0.0823. The minimum Gasteiger partial charge on any atom is -0.465 e. The summed E-state index contributed by atoms with van der Waals surface area (Å²) in [5.74, 6) is -0.812. The molecule has 0 bridgehead atoms. The number of hydrogen-bond donors (Lipinski definition) is 4. The summed E-state index contributed by atoms with van der Waals surface area (Å²) in [5.41, 5.74) is 7.98. The highest BCUT2D eigenvalue weighted by atomic mass is 16.4. The van der Waals surface area contributed by atoms with E-state index in [-0.39, 0.29) is 23.5 Å². The number of amides is 3. The Hall–Kier alpha value is -4.47. The molecule has 10 heteroatoms. The quantitative estimate of drug-likeness (QED) is 0.374. The number of likely N-dealkylation sites (tertiary alicyclic amines) is 1. The van der Waals surface area contributed by atoms with Crippen LogP contribution in [0.25, 0.3) is 11.3 Å². The summed E-state index contributed by atoms with van der Waals surface area (Å²) in [7, 11) is 0. The van der Waals surface area contributed by atoms with E-state index in [1.54, 1.807) is 24.3 Å². The third kappa shape index (κ3) is 6.17. The first-order valence-electron chi connectivity index (χ1n) is 12.8. The fourth-order valence-corrected chi connectivity index (χ4v) is 5.10. The number of carbonyl (C=O) groups is 3. The largest absolute Gasteiger partial charge is 0.465 e. The van der Waals surface area contributed by atoms with Crippen molar-refractivity contribution in [3.8, 4) is 11.3 Å². The number of carboxylic acid groups (broad SMARTS) is 1. The van der Waals surface area contributed by atoms with Gasteiger partial charge in [-0.3, -0.25) is 9.59 Å². The molecule has 2 heterocycles. The molecule has 3 amide bonds. The van der Waals surface area contributed by atoms with Crippen molar-refractivity contribution < 1.29 is 19.5 Å². The normalized spacial score (nSPS) is 17.9. The molecule has 1 aromatic heterocycles. The highest BCUT2D eigenvalue weighted by Gasteiger charge is 2.44. The Bertz CT molecular complexity index is 1370. The Labute approximate surface area is 227 Å². The molecular formula is C29H34N6O4. The van der Waals surface area contributed by atoms with E-state index in [1.807, 2.05) is 58.0 Å². The Morgan fingerprint density at radius 2 is 1.79 bits per heavy atom. The molecule has 2 aromatic carbocycles. The summed E-state index contributed by atoms with van der Waals surface area (Å²) in [6, 6.07) is 15.6. The molecule has 3 aromatic rings. The SMILES string of the molecule is C[C@H](NC(=O)c1cccc(-c2cnc(N)c(C(=O)N[C@H]3CCN(C(=O)O)C3C(C)(C)C)n2)c1)c1ccccc1. The summed E-state index contributed by atoms with van der Waals surface area (Å²) in [4.78, 5) is 48.0. The standard InChI is InChI=1S/C29H34N6O4/c1-17(18-9-6-5-7-10-18)32-26(36)20-12-8-11-19(15-20)22-16-31-25(30)23(33-22)27(37)34-21-13-14-35(28(38)39)24(21)29(2,3)4/h5-12,15-17,21,24H,13-14H2,1-4H3,(H2,30,31)(H,32,36)(H,34,37)(H,38,39)/t17-,21-,24?/m0/s1. The van der Waals surface area contributed by atoms with Gasteiger partial charge < -0.3 is 26.4 Å². The van der Waals surface area contributed by atoms with Crippen LogP contribution in [0.5, 0.6) is 0 Å². The van der Waals surface area contributed by atoms with E-state index in [0.717, 1.165) is 5.56 Å². The zero-order valence-electron chi connectivity index (χ0n) is 22.5. The molecule has 1 saturated heterocycles. The van der Waals surface area contributed by atoms with Gasteiger partial charge in [-0.2, -0.15) is 0 Å². The molecule has 10 nitrogen and oxygen atoms in total. The van der Waals surface area contributed by atoms with Crippen molar-refractivity contribution in [2.75, 3.05) is 12.3 Å². The van der Waals surface area contributed by atoms with Gasteiger partial charge in [0.1, 0.15) is 0 Å². The Morgan fingerprint density at radius 1 is 1.08 bits per heavy atom. The van der Waals surface area contributed by atoms with E-state index in [9.17, 15) is 19.5 Å². The predicted molar refractivity (Wildman–Crippen MR) is 148 cm³/mol. The summed E-state index contributed by atoms with van der Waals surface area (Å²) >= 11 is 0. The summed E-state index contributed by atoms with van der Waals surface area (Å²) < 4.78 is 0. The maximum absolute atomic E-state index is 13.3. The maximum atomic E-state index is 13.3. The fraction of sp³-hybridized carbons (Fsp3) is 0.345. The topological polar surface area (TPSA) is 151 Å². The molecule has 0 saturated carbocycles. The Morgan fingerprint density at radius 3 is 2.46 bits per heavy atom. The number of carbonyl (C=O) groups excluding carboxylic acids is 2. The van der Waals surface area contributed by atoms with E-state index in [0.29, 0.717) is 29.8 Å². The average molecular weight is 531 g/mol. The Kier molecular flexibility index (Phi) is 7.85. The van der Waals surface area contributed by atoms with Crippen LogP contribution in [-0.2, 0) is 0 Å². The van der Waals surface area contributed by atoms with Crippen molar-refractivity contribution in [1.82, 2.24) is 25.5 Å². The highest BCUT2D eigenvalue weighted by molar-refractivity contribution is 5.98. The number of aromatic nitrogens is 2. The average Bonchev–Trinajstić information content (AvgIpc) is 3.34. The molecule has 1 aliphatic rings. The monoisotopic (exact) mass is 530 g/mol. The molecule has 3 atom stereocenters. The number of nitrogens with two attached hydrogens (primary N) is 1. The van der Waals surface area contributed by atoms with E-state index in [4.69, 9.17) is 5.73 Å². The number of hydrogen-bond acceptors (Lipinski definition) is 6. The molecule has 0 radical (unpaired) electrons.